The van der Waals surface area contributed by atoms with Crippen LogP contribution in [-0.4, -0.2) is 24.2 Å². The maximum Gasteiger partial charge on any atom is 0.387 e. The van der Waals surface area contributed by atoms with Gasteiger partial charge in [0, 0.05) is 6.54 Å². The Bertz CT molecular complexity index is 528. The molecule has 0 aliphatic carbocycles. The molecule has 4 nitrogen and oxygen atoms in total. The Labute approximate surface area is 120 Å². The molecule has 0 heterocycles. The van der Waals surface area contributed by atoms with Gasteiger partial charge in [-0.1, -0.05) is 12.1 Å². The molecule has 1 aromatic rings. The summed E-state index contributed by atoms with van der Waals surface area (Å²) in [5, 5.41) is 12.1. The zero-order valence-corrected chi connectivity index (χ0v) is 11.6. The van der Waals surface area contributed by atoms with Crippen LogP contribution in [0.2, 0.25) is 0 Å². The quantitative estimate of drug-likeness (QED) is 0.794. The topological polar surface area (TPSA) is 58.6 Å². The van der Waals surface area contributed by atoms with E-state index in [9.17, 15) is 23.1 Å². The van der Waals surface area contributed by atoms with Crippen molar-refractivity contribution in [2.24, 2.45) is 0 Å². The fourth-order valence-electron chi connectivity index (χ4n) is 1.51. The van der Waals surface area contributed by atoms with Crippen molar-refractivity contribution in [2.75, 3.05) is 6.54 Å². The van der Waals surface area contributed by atoms with Crippen LogP contribution >= 0.6 is 0 Å². The highest BCUT2D eigenvalue weighted by Gasteiger charge is 2.14. The number of rotatable bonds is 6. The Morgan fingerprint density at radius 1 is 1.38 bits per heavy atom. The lowest BCUT2D eigenvalue weighted by atomic mass is 10.1. The molecule has 0 spiro atoms. The third kappa shape index (κ3) is 5.47. The van der Waals surface area contributed by atoms with Gasteiger partial charge in [-0.3, -0.25) is 4.79 Å². The van der Waals surface area contributed by atoms with Crippen molar-refractivity contribution < 1.29 is 27.8 Å². The lowest BCUT2D eigenvalue weighted by Gasteiger charge is -2.13. The fraction of sp³-hybridized carbons (Fsp3) is 0.357. The normalized spacial score (nSPS) is 12.0. The van der Waals surface area contributed by atoms with E-state index in [2.05, 4.69) is 10.1 Å². The number of amides is 1. The van der Waals surface area contributed by atoms with Gasteiger partial charge in [0.05, 0.1) is 6.10 Å². The van der Waals surface area contributed by atoms with Gasteiger partial charge < -0.3 is 15.2 Å². The summed E-state index contributed by atoms with van der Waals surface area (Å²) in [6.45, 7) is -0.339. The summed E-state index contributed by atoms with van der Waals surface area (Å²) in [5.41, 5.74) is 0.486. The Hall–Kier alpha value is -2.02. The molecule has 1 atom stereocenters. The molecule has 21 heavy (non-hydrogen) atoms. The van der Waals surface area contributed by atoms with Crippen LogP contribution in [-0.2, 0) is 4.79 Å². The Morgan fingerprint density at radius 2 is 2.05 bits per heavy atom. The molecule has 116 valence electrons. The fourth-order valence-corrected chi connectivity index (χ4v) is 1.51. The summed E-state index contributed by atoms with van der Waals surface area (Å²) < 4.78 is 41.6. The van der Waals surface area contributed by atoms with E-state index in [4.69, 9.17) is 0 Å². The Balaban J connectivity index is 2.66. The first-order valence-electron chi connectivity index (χ1n) is 6.15. The van der Waals surface area contributed by atoms with E-state index in [1.165, 1.54) is 38.1 Å². The van der Waals surface area contributed by atoms with Crippen molar-refractivity contribution in [3.05, 3.63) is 41.2 Å². The van der Waals surface area contributed by atoms with Crippen LogP contribution in [0.4, 0.5) is 13.2 Å². The molecule has 0 radical (unpaired) electrons. The minimum Gasteiger partial charge on any atom is -0.435 e. The maximum atomic E-state index is 13.3. The van der Waals surface area contributed by atoms with Crippen molar-refractivity contribution >= 4 is 5.91 Å². The number of aliphatic hydroxyl groups is 1. The van der Waals surface area contributed by atoms with Gasteiger partial charge in [0.2, 0.25) is 0 Å². The minimum absolute atomic E-state index is 0.108. The minimum atomic E-state index is -2.97. The molecule has 7 heteroatoms. The Kier molecular flexibility index (Phi) is 6.23. The van der Waals surface area contributed by atoms with Crippen molar-refractivity contribution in [2.45, 2.75) is 26.6 Å². The third-order valence-corrected chi connectivity index (χ3v) is 2.56. The zero-order chi connectivity index (χ0) is 16.0. The second-order valence-electron chi connectivity index (χ2n) is 4.49. The van der Waals surface area contributed by atoms with Crippen LogP contribution in [0, 0.1) is 0 Å². The molecule has 1 aromatic carbocycles. The number of hydrogen-bond acceptors (Lipinski definition) is 3. The van der Waals surface area contributed by atoms with E-state index >= 15 is 0 Å². The van der Waals surface area contributed by atoms with E-state index in [-0.39, 0.29) is 23.4 Å². The molecule has 0 fully saturated rings. The van der Waals surface area contributed by atoms with E-state index in [0.29, 0.717) is 0 Å². The second kappa shape index (κ2) is 7.68. The first kappa shape index (κ1) is 17.0. The monoisotopic (exact) mass is 303 g/mol. The lowest BCUT2D eigenvalue weighted by Crippen LogP contribution is -2.29. The number of carbonyl (C=O) groups is 1. The highest BCUT2D eigenvalue weighted by molar-refractivity contribution is 5.91. The van der Waals surface area contributed by atoms with E-state index in [0.717, 1.165) is 0 Å². The van der Waals surface area contributed by atoms with E-state index in [1.807, 2.05) is 0 Å². The van der Waals surface area contributed by atoms with Crippen molar-refractivity contribution in [1.29, 1.82) is 0 Å². The van der Waals surface area contributed by atoms with Crippen LogP contribution < -0.4 is 10.1 Å². The van der Waals surface area contributed by atoms with Gasteiger partial charge in [-0.25, -0.2) is 4.39 Å². The second-order valence-corrected chi connectivity index (χ2v) is 4.49. The summed E-state index contributed by atoms with van der Waals surface area (Å²) in [7, 11) is 0. The van der Waals surface area contributed by atoms with Gasteiger partial charge in [-0.05, 0) is 37.1 Å². The molecule has 2 N–H and O–H groups in total. The van der Waals surface area contributed by atoms with Gasteiger partial charge in [0.25, 0.3) is 5.91 Å². The van der Waals surface area contributed by atoms with Crippen LogP contribution in [0.3, 0.4) is 0 Å². The summed E-state index contributed by atoms with van der Waals surface area (Å²) in [6, 6.07) is 5.44. The average Bonchev–Trinajstić information content (AvgIpc) is 2.42. The van der Waals surface area contributed by atoms with Crippen LogP contribution in [0.25, 0.3) is 0 Å². The zero-order valence-electron chi connectivity index (χ0n) is 11.6. The molecule has 1 amide bonds. The largest absolute Gasteiger partial charge is 0.435 e. The third-order valence-electron chi connectivity index (χ3n) is 2.56. The summed E-state index contributed by atoms with van der Waals surface area (Å²) in [6.07, 6.45) is -1.17. The molecule has 1 unspecified atom stereocenters. The number of ether oxygens (including phenoxy) is 1. The first-order chi connectivity index (χ1) is 9.81. The van der Waals surface area contributed by atoms with Crippen LogP contribution in [0.5, 0.6) is 5.75 Å². The smallest absolute Gasteiger partial charge is 0.387 e. The predicted octanol–water partition coefficient (Wildman–Crippen LogP) is 2.70. The maximum absolute atomic E-state index is 13.3. The van der Waals surface area contributed by atoms with Gasteiger partial charge in [-0.2, -0.15) is 8.78 Å². The number of hydrogen-bond donors (Lipinski definition) is 2. The highest BCUT2D eigenvalue weighted by atomic mass is 19.3. The van der Waals surface area contributed by atoms with Crippen molar-refractivity contribution in [3.8, 4) is 5.75 Å². The number of aliphatic hydroxyl groups excluding tert-OH is 1. The van der Waals surface area contributed by atoms with Gasteiger partial charge in [0.15, 0.2) is 5.83 Å². The Morgan fingerprint density at radius 3 is 2.62 bits per heavy atom. The van der Waals surface area contributed by atoms with Crippen LogP contribution in [0.1, 0.15) is 25.5 Å². The molecule has 0 aromatic heterocycles. The first-order valence-corrected chi connectivity index (χ1v) is 6.15. The molecule has 1 rings (SSSR count). The van der Waals surface area contributed by atoms with Gasteiger partial charge in [0.1, 0.15) is 5.75 Å². The molecule has 0 aliphatic rings. The number of nitrogens with one attached hydrogen (secondary N) is 1. The SMILES string of the molecule is CC(C)=C(F)C(=O)NCC(O)c1cccc(OC(F)F)c1. The van der Waals surface area contributed by atoms with Crippen LogP contribution in [0.15, 0.2) is 35.7 Å². The molecule has 0 saturated carbocycles. The number of benzene rings is 1. The summed E-state index contributed by atoms with van der Waals surface area (Å²) in [4.78, 5) is 11.4. The molecular weight excluding hydrogens is 287 g/mol. The molecule has 0 saturated heterocycles. The number of allylic oxidation sites excluding steroid dienone is 1. The predicted molar refractivity (Wildman–Crippen MR) is 70.5 cm³/mol. The molecule has 0 bridgehead atoms. The average molecular weight is 303 g/mol. The molecule has 0 aliphatic heterocycles. The van der Waals surface area contributed by atoms with Gasteiger partial charge >= 0.3 is 6.61 Å². The number of halogens is 3. The lowest BCUT2D eigenvalue weighted by molar-refractivity contribution is -0.119. The highest BCUT2D eigenvalue weighted by Crippen LogP contribution is 2.20. The summed E-state index contributed by atoms with van der Waals surface area (Å²) in [5.74, 6) is -1.96. The van der Waals surface area contributed by atoms with E-state index < -0.39 is 24.4 Å². The standard InChI is InChI=1S/C14H16F3NO3/c1-8(2)12(15)13(20)18-7-11(19)9-4-3-5-10(6-9)21-14(16)17/h3-6,11,14,19H,7H2,1-2H3,(H,18,20). The van der Waals surface area contributed by atoms with Crippen molar-refractivity contribution in [1.82, 2.24) is 5.32 Å². The number of alkyl halides is 2. The van der Waals surface area contributed by atoms with Gasteiger partial charge in [-0.15, -0.1) is 0 Å². The van der Waals surface area contributed by atoms with Crippen molar-refractivity contribution in [3.63, 3.8) is 0 Å². The number of carbonyl (C=O) groups excluding carboxylic acids is 1. The van der Waals surface area contributed by atoms with E-state index in [1.54, 1.807) is 0 Å². The molecular formula is C14H16F3NO3. The summed E-state index contributed by atoms with van der Waals surface area (Å²) >= 11 is 0.